The van der Waals surface area contributed by atoms with Crippen LogP contribution >= 0.6 is 0 Å². The lowest BCUT2D eigenvalue weighted by Crippen LogP contribution is -2.50. The molecule has 0 aromatic heterocycles. The van der Waals surface area contributed by atoms with Crippen LogP contribution in [0.25, 0.3) is 11.1 Å². The van der Waals surface area contributed by atoms with E-state index in [1.807, 2.05) is 58.3 Å². The topological polar surface area (TPSA) is 69.7 Å². The van der Waals surface area contributed by atoms with Gasteiger partial charge in [-0.2, -0.15) is 0 Å². The van der Waals surface area contributed by atoms with Crippen molar-refractivity contribution in [3.05, 3.63) is 71.8 Å². The molecule has 4 rings (SSSR count). The van der Waals surface area contributed by atoms with Crippen molar-refractivity contribution in [2.24, 2.45) is 17.8 Å². The first kappa shape index (κ1) is 25.8. The molecule has 6 heteroatoms. The van der Waals surface area contributed by atoms with Crippen molar-refractivity contribution in [2.75, 3.05) is 14.1 Å². The summed E-state index contributed by atoms with van der Waals surface area (Å²) < 4.78 is 0. The van der Waals surface area contributed by atoms with Gasteiger partial charge in [0, 0.05) is 13.1 Å². The van der Waals surface area contributed by atoms with E-state index in [1.165, 1.54) is 10.5 Å². The van der Waals surface area contributed by atoms with E-state index < -0.39 is 6.04 Å². The van der Waals surface area contributed by atoms with Gasteiger partial charge in [0.15, 0.2) is 0 Å². The summed E-state index contributed by atoms with van der Waals surface area (Å²) in [5, 5.41) is 3.04. The Morgan fingerprint density at radius 3 is 2.17 bits per heavy atom. The molecule has 1 saturated heterocycles. The van der Waals surface area contributed by atoms with E-state index in [2.05, 4.69) is 40.5 Å². The van der Waals surface area contributed by atoms with Crippen LogP contribution in [0.2, 0.25) is 0 Å². The van der Waals surface area contributed by atoms with Gasteiger partial charge in [0.05, 0.1) is 11.8 Å². The number of hydrogen-bond acceptors (Lipinski definition) is 4. The molecule has 3 unspecified atom stereocenters. The smallest absolute Gasteiger partial charge is 0.243 e. The highest BCUT2D eigenvalue weighted by molar-refractivity contribution is 6.08. The SMILES string of the molecule is CC(C)CC(C(=O)NCc1ccccc1-c1ccc(CN(C)C)cc1)N1C(=O)C2CC=CCC2C1=O. The second-order valence-electron chi connectivity index (χ2n) is 10.7. The molecule has 0 saturated carbocycles. The lowest BCUT2D eigenvalue weighted by atomic mass is 9.85. The normalized spacial score (nSPS) is 20.2. The maximum atomic E-state index is 13.5. The van der Waals surface area contributed by atoms with Gasteiger partial charge in [0.25, 0.3) is 0 Å². The molecule has 6 nitrogen and oxygen atoms in total. The van der Waals surface area contributed by atoms with Gasteiger partial charge in [-0.3, -0.25) is 19.3 Å². The highest BCUT2D eigenvalue weighted by Gasteiger charge is 2.51. The van der Waals surface area contributed by atoms with Crippen molar-refractivity contribution in [1.82, 2.24) is 15.1 Å². The number of allylic oxidation sites excluding steroid dienone is 2. The van der Waals surface area contributed by atoms with Crippen LogP contribution in [0.4, 0.5) is 0 Å². The fraction of sp³-hybridized carbons (Fsp3) is 0.433. The van der Waals surface area contributed by atoms with E-state index in [4.69, 9.17) is 0 Å². The van der Waals surface area contributed by atoms with Crippen LogP contribution in [0.1, 0.15) is 44.2 Å². The summed E-state index contributed by atoms with van der Waals surface area (Å²) >= 11 is 0. The second kappa shape index (κ2) is 11.2. The van der Waals surface area contributed by atoms with Gasteiger partial charge in [-0.25, -0.2) is 0 Å². The third-order valence-electron chi connectivity index (χ3n) is 7.08. The zero-order valence-electron chi connectivity index (χ0n) is 21.7. The predicted octanol–water partition coefficient (Wildman–Crippen LogP) is 4.40. The summed E-state index contributed by atoms with van der Waals surface area (Å²) in [6.45, 7) is 5.22. The summed E-state index contributed by atoms with van der Waals surface area (Å²) in [5.74, 6) is -1.17. The van der Waals surface area contributed by atoms with Crippen LogP contribution in [0, 0.1) is 17.8 Å². The minimum absolute atomic E-state index is 0.162. The lowest BCUT2D eigenvalue weighted by Gasteiger charge is -2.27. The Hall–Kier alpha value is -3.25. The number of amides is 3. The van der Waals surface area contributed by atoms with E-state index in [1.54, 1.807) is 0 Å². The average Bonchev–Trinajstić information content (AvgIpc) is 3.11. The molecule has 1 N–H and O–H groups in total. The minimum atomic E-state index is -0.784. The number of benzene rings is 2. The first-order chi connectivity index (χ1) is 17.3. The maximum Gasteiger partial charge on any atom is 0.243 e. The molecule has 3 amide bonds. The standard InChI is InChI=1S/C30H37N3O3/c1-20(2)17-27(33-29(35)25-11-7-8-12-26(25)30(33)36)28(34)31-18-23-9-5-6-10-24(23)22-15-13-21(14-16-22)19-32(3)4/h5-10,13-16,20,25-27H,11-12,17-19H2,1-4H3,(H,31,34). The summed E-state index contributed by atoms with van der Waals surface area (Å²) in [6, 6.07) is 15.7. The first-order valence-electron chi connectivity index (χ1n) is 12.9. The van der Waals surface area contributed by atoms with E-state index in [9.17, 15) is 14.4 Å². The third kappa shape index (κ3) is 5.59. The number of rotatable bonds is 9. The number of hydrogen-bond donors (Lipinski definition) is 1. The number of carbonyl (C=O) groups excluding carboxylic acids is 3. The van der Waals surface area contributed by atoms with Crippen molar-refractivity contribution in [1.29, 1.82) is 0 Å². The molecular weight excluding hydrogens is 450 g/mol. The van der Waals surface area contributed by atoms with Crippen LogP contribution < -0.4 is 5.32 Å². The lowest BCUT2D eigenvalue weighted by molar-refractivity contribution is -0.148. The van der Waals surface area contributed by atoms with Crippen molar-refractivity contribution < 1.29 is 14.4 Å². The predicted molar refractivity (Wildman–Crippen MR) is 142 cm³/mol. The van der Waals surface area contributed by atoms with Gasteiger partial charge >= 0.3 is 0 Å². The largest absolute Gasteiger partial charge is 0.350 e. The summed E-state index contributed by atoms with van der Waals surface area (Å²) in [4.78, 5) is 43.2. The highest BCUT2D eigenvalue weighted by Crippen LogP contribution is 2.37. The zero-order chi connectivity index (χ0) is 25.8. The number of fused-ring (bicyclic) bond motifs is 1. The molecule has 1 heterocycles. The molecule has 1 aliphatic heterocycles. The molecule has 2 aliphatic rings. The molecule has 0 bridgehead atoms. The zero-order valence-corrected chi connectivity index (χ0v) is 21.7. The first-order valence-corrected chi connectivity index (χ1v) is 12.9. The van der Waals surface area contributed by atoms with Gasteiger partial charge < -0.3 is 10.2 Å². The summed E-state index contributed by atoms with van der Waals surface area (Å²) in [7, 11) is 4.10. The minimum Gasteiger partial charge on any atom is -0.350 e. The van der Waals surface area contributed by atoms with Crippen LogP contribution in [0.5, 0.6) is 0 Å². The Labute approximate surface area is 214 Å². The van der Waals surface area contributed by atoms with Crippen molar-refractivity contribution in [3.63, 3.8) is 0 Å². The number of likely N-dealkylation sites (tertiary alicyclic amines) is 1. The Kier molecular flexibility index (Phi) is 8.04. The fourth-order valence-corrected chi connectivity index (χ4v) is 5.32. The molecular formula is C30H37N3O3. The van der Waals surface area contributed by atoms with Gasteiger partial charge in [-0.1, -0.05) is 74.5 Å². The highest BCUT2D eigenvalue weighted by atomic mass is 16.2. The van der Waals surface area contributed by atoms with Gasteiger partial charge in [0.2, 0.25) is 17.7 Å². The summed E-state index contributed by atoms with van der Waals surface area (Å²) in [5.41, 5.74) is 4.37. The van der Waals surface area contributed by atoms with Gasteiger partial charge in [-0.05, 0) is 61.5 Å². The van der Waals surface area contributed by atoms with Gasteiger partial charge in [0.1, 0.15) is 6.04 Å². The Balaban J connectivity index is 1.51. The van der Waals surface area contributed by atoms with Crippen LogP contribution in [-0.4, -0.2) is 47.7 Å². The molecule has 190 valence electrons. The monoisotopic (exact) mass is 487 g/mol. The molecule has 2 aromatic carbocycles. The van der Waals surface area contributed by atoms with Crippen molar-refractivity contribution >= 4 is 17.7 Å². The molecule has 36 heavy (non-hydrogen) atoms. The van der Waals surface area contributed by atoms with Crippen LogP contribution in [0.15, 0.2) is 60.7 Å². The molecule has 0 radical (unpaired) electrons. The van der Waals surface area contributed by atoms with Crippen molar-refractivity contribution in [2.45, 2.75) is 52.2 Å². The molecule has 1 fully saturated rings. The van der Waals surface area contributed by atoms with Crippen LogP contribution in [-0.2, 0) is 27.5 Å². The summed E-state index contributed by atoms with van der Waals surface area (Å²) in [6.07, 6.45) is 5.53. The second-order valence-corrected chi connectivity index (χ2v) is 10.7. The number of carbonyl (C=O) groups is 3. The number of nitrogens with zero attached hydrogens (tertiary/aromatic N) is 2. The van der Waals surface area contributed by atoms with E-state index in [-0.39, 0.29) is 35.5 Å². The Morgan fingerprint density at radius 1 is 0.972 bits per heavy atom. The van der Waals surface area contributed by atoms with Crippen molar-refractivity contribution in [3.8, 4) is 11.1 Å². The molecule has 3 atom stereocenters. The maximum absolute atomic E-state index is 13.5. The van der Waals surface area contributed by atoms with E-state index in [0.717, 1.165) is 23.2 Å². The molecule has 0 spiro atoms. The van der Waals surface area contributed by atoms with E-state index >= 15 is 0 Å². The molecule has 1 aliphatic carbocycles. The van der Waals surface area contributed by atoms with Crippen LogP contribution in [0.3, 0.4) is 0 Å². The Bertz CT molecular complexity index is 1110. The fourth-order valence-electron chi connectivity index (χ4n) is 5.32. The van der Waals surface area contributed by atoms with E-state index in [0.29, 0.717) is 25.8 Å². The quantitative estimate of drug-likeness (QED) is 0.421. The third-order valence-corrected chi connectivity index (χ3v) is 7.08. The number of nitrogens with one attached hydrogen (secondary N) is 1. The molecule has 2 aromatic rings. The van der Waals surface area contributed by atoms with Gasteiger partial charge in [-0.15, -0.1) is 0 Å². The number of imide groups is 1. The average molecular weight is 488 g/mol. The Morgan fingerprint density at radius 2 is 1.58 bits per heavy atom.